The van der Waals surface area contributed by atoms with Gasteiger partial charge in [-0.1, -0.05) is 37.3 Å². The van der Waals surface area contributed by atoms with Gasteiger partial charge < -0.3 is 4.90 Å². The van der Waals surface area contributed by atoms with Gasteiger partial charge >= 0.3 is 0 Å². The Morgan fingerprint density at radius 1 is 0.963 bits per heavy atom. The minimum atomic E-state index is -3.83. The SMILES string of the molecule is CCc1ccc([C@@H](CNS(=O)(=O)c2cccc(S(C)(=O)=O)c2)N(C)C)cc1. The molecule has 2 rings (SSSR count). The first-order valence-electron chi connectivity index (χ1n) is 8.59. The number of likely N-dealkylation sites (N-methyl/N-ethyl adjacent to an activating group) is 1. The van der Waals surface area contributed by atoms with E-state index in [1.807, 2.05) is 43.3 Å². The molecule has 2 aromatic carbocycles. The number of nitrogens with one attached hydrogen (secondary N) is 1. The van der Waals surface area contributed by atoms with Crippen LogP contribution in [0.1, 0.15) is 24.1 Å². The Balaban J connectivity index is 2.23. The molecule has 0 fully saturated rings. The van der Waals surface area contributed by atoms with Gasteiger partial charge in [0.25, 0.3) is 0 Å². The van der Waals surface area contributed by atoms with E-state index >= 15 is 0 Å². The van der Waals surface area contributed by atoms with E-state index in [1.165, 1.54) is 29.8 Å². The van der Waals surface area contributed by atoms with Crippen molar-refractivity contribution >= 4 is 19.9 Å². The van der Waals surface area contributed by atoms with Crippen molar-refractivity contribution in [3.05, 3.63) is 59.7 Å². The summed E-state index contributed by atoms with van der Waals surface area (Å²) in [6.45, 7) is 2.25. The molecule has 0 heterocycles. The smallest absolute Gasteiger partial charge is 0.240 e. The van der Waals surface area contributed by atoms with Crippen molar-refractivity contribution in [2.45, 2.75) is 29.2 Å². The van der Waals surface area contributed by atoms with Gasteiger partial charge in [-0.25, -0.2) is 21.6 Å². The molecule has 0 aliphatic rings. The van der Waals surface area contributed by atoms with Gasteiger partial charge in [0.15, 0.2) is 9.84 Å². The fourth-order valence-electron chi connectivity index (χ4n) is 2.72. The zero-order valence-corrected chi connectivity index (χ0v) is 17.6. The standard InChI is InChI=1S/C19H26N2O4S2/c1-5-15-9-11-16(12-10-15)19(21(2)3)14-20-27(24,25)18-8-6-7-17(13-18)26(4,22)23/h6-13,19-20H,5,14H2,1-4H3/t19-/m1/s1. The Kier molecular flexibility index (Phi) is 6.80. The van der Waals surface area contributed by atoms with Gasteiger partial charge in [0, 0.05) is 18.8 Å². The molecule has 0 aliphatic carbocycles. The van der Waals surface area contributed by atoms with Crippen LogP contribution in [-0.4, -0.2) is 48.6 Å². The van der Waals surface area contributed by atoms with E-state index in [4.69, 9.17) is 0 Å². The number of hydrogen-bond donors (Lipinski definition) is 1. The van der Waals surface area contributed by atoms with E-state index in [1.54, 1.807) is 0 Å². The molecule has 1 atom stereocenters. The second-order valence-corrected chi connectivity index (χ2v) is 10.5. The number of nitrogens with zero attached hydrogens (tertiary/aromatic N) is 1. The average molecular weight is 411 g/mol. The van der Waals surface area contributed by atoms with E-state index < -0.39 is 19.9 Å². The summed E-state index contributed by atoms with van der Waals surface area (Å²) in [7, 11) is -3.54. The molecule has 8 heteroatoms. The van der Waals surface area contributed by atoms with Crippen molar-refractivity contribution in [3.63, 3.8) is 0 Å². The zero-order valence-electron chi connectivity index (χ0n) is 16.0. The van der Waals surface area contributed by atoms with Crippen LogP contribution in [0.2, 0.25) is 0 Å². The molecule has 0 aliphatic heterocycles. The zero-order chi connectivity index (χ0) is 20.2. The van der Waals surface area contributed by atoms with E-state index in [2.05, 4.69) is 11.6 Å². The van der Waals surface area contributed by atoms with Crippen LogP contribution >= 0.6 is 0 Å². The summed E-state index contributed by atoms with van der Waals surface area (Å²) in [5.41, 5.74) is 2.22. The lowest BCUT2D eigenvalue weighted by atomic mass is 10.0. The third-order valence-corrected chi connectivity index (χ3v) is 6.94. The van der Waals surface area contributed by atoms with Gasteiger partial charge in [0.05, 0.1) is 9.79 Å². The summed E-state index contributed by atoms with van der Waals surface area (Å²) < 4.78 is 51.3. The van der Waals surface area contributed by atoms with Crippen LogP contribution in [0.4, 0.5) is 0 Å². The number of hydrogen-bond acceptors (Lipinski definition) is 5. The summed E-state index contributed by atoms with van der Waals surface area (Å²) in [4.78, 5) is 1.85. The summed E-state index contributed by atoms with van der Waals surface area (Å²) in [5, 5.41) is 0. The lowest BCUT2D eigenvalue weighted by Gasteiger charge is -2.25. The second kappa shape index (κ2) is 8.52. The minimum Gasteiger partial charge on any atom is -0.301 e. The van der Waals surface area contributed by atoms with E-state index in [-0.39, 0.29) is 22.4 Å². The van der Waals surface area contributed by atoms with Crippen LogP contribution in [0.3, 0.4) is 0 Å². The molecule has 2 aromatic rings. The molecular formula is C19H26N2O4S2. The minimum absolute atomic E-state index is 0.0234. The van der Waals surface area contributed by atoms with Crippen molar-refractivity contribution in [3.8, 4) is 0 Å². The molecule has 0 radical (unpaired) electrons. The highest BCUT2D eigenvalue weighted by Crippen LogP contribution is 2.20. The normalized spacial score (nSPS) is 13.7. The lowest BCUT2D eigenvalue weighted by molar-refractivity contribution is 0.299. The maximum absolute atomic E-state index is 12.6. The highest BCUT2D eigenvalue weighted by molar-refractivity contribution is 7.91. The molecule has 0 unspecified atom stereocenters. The van der Waals surface area contributed by atoms with E-state index in [0.717, 1.165) is 18.2 Å². The van der Waals surface area contributed by atoms with Gasteiger partial charge in [0.2, 0.25) is 10.0 Å². The predicted octanol–water partition coefficient (Wildman–Crippen LogP) is 2.23. The van der Waals surface area contributed by atoms with Gasteiger partial charge in [-0.3, -0.25) is 0 Å². The van der Waals surface area contributed by atoms with Crippen LogP contribution < -0.4 is 4.72 Å². The monoisotopic (exact) mass is 410 g/mol. The highest BCUT2D eigenvalue weighted by Gasteiger charge is 2.21. The third kappa shape index (κ3) is 5.62. The van der Waals surface area contributed by atoms with Crippen LogP contribution in [0.5, 0.6) is 0 Å². The number of rotatable bonds is 8. The van der Waals surface area contributed by atoms with Crippen molar-refractivity contribution in [2.75, 3.05) is 26.9 Å². The van der Waals surface area contributed by atoms with Gasteiger partial charge in [0.1, 0.15) is 0 Å². The van der Waals surface area contributed by atoms with Crippen LogP contribution in [0, 0.1) is 0 Å². The van der Waals surface area contributed by atoms with Crippen LogP contribution in [0.25, 0.3) is 0 Å². The Morgan fingerprint density at radius 2 is 1.56 bits per heavy atom. The Labute approximate surface area is 162 Å². The molecule has 0 bridgehead atoms. The highest BCUT2D eigenvalue weighted by atomic mass is 32.2. The van der Waals surface area contributed by atoms with Gasteiger partial charge in [-0.2, -0.15) is 0 Å². The molecule has 0 aromatic heterocycles. The first kappa shape index (κ1) is 21.6. The number of aryl methyl sites for hydroxylation is 1. The third-order valence-electron chi connectivity index (χ3n) is 4.41. The van der Waals surface area contributed by atoms with Crippen molar-refractivity contribution in [2.24, 2.45) is 0 Å². The summed E-state index contributed by atoms with van der Waals surface area (Å²) in [6, 6.07) is 13.3. The molecule has 0 amide bonds. The Bertz CT molecular complexity index is 983. The first-order valence-corrected chi connectivity index (χ1v) is 12.0. The molecule has 0 spiro atoms. The van der Waals surface area contributed by atoms with Crippen molar-refractivity contribution in [1.82, 2.24) is 9.62 Å². The molecular weight excluding hydrogens is 384 g/mol. The molecule has 6 nitrogen and oxygen atoms in total. The van der Waals surface area contributed by atoms with Gasteiger partial charge in [-0.05, 0) is 49.8 Å². The predicted molar refractivity (Wildman–Crippen MR) is 107 cm³/mol. The summed E-state index contributed by atoms with van der Waals surface area (Å²) in [5.74, 6) is 0. The molecule has 1 N–H and O–H groups in total. The van der Waals surface area contributed by atoms with Crippen LogP contribution in [-0.2, 0) is 26.3 Å². The quantitative estimate of drug-likeness (QED) is 0.722. The Morgan fingerprint density at radius 3 is 2.07 bits per heavy atom. The fourth-order valence-corrected chi connectivity index (χ4v) is 4.54. The number of sulfone groups is 1. The summed E-state index contributed by atoms with van der Waals surface area (Å²) in [6.07, 6.45) is 1.99. The van der Waals surface area contributed by atoms with Crippen molar-refractivity contribution < 1.29 is 16.8 Å². The van der Waals surface area contributed by atoms with E-state index in [0.29, 0.717) is 0 Å². The first-order chi connectivity index (χ1) is 12.5. The second-order valence-electron chi connectivity index (χ2n) is 6.67. The maximum Gasteiger partial charge on any atom is 0.240 e. The van der Waals surface area contributed by atoms with E-state index in [9.17, 15) is 16.8 Å². The largest absolute Gasteiger partial charge is 0.301 e. The number of sulfonamides is 1. The lowest BCUT2D eigenvalue weighted by Crippen LogP contribution is -2.34. The fraction of sp³-hybridized carbons (Fsp3) is 0.368. The Hall–Kier alpha value is -1.74. The molecule has 148 valence electrons. The number of benzene rings is 2. The summed E-state index contributed by atoms with van der Waals surface area (Å²) >= 11 is 0. The van der Waals surface area contributed by atoms with Gasteiger partial charge in [-0.15, -0.1) is 0 Å². The van der Waals surface area contributed by atoms with Crippen LogP contribution in [0.15, 0.2) is 58.3 Å². The average Bonchev–Trinajstić information content (AvgIpc) is 2.61. The maximum atomic E-state index is 12.6. The van der Waals surface area contributed by atoms with Crippen molar-refractivity contribution in [1.29, 1.82) is 0 Å². The molecule has 0 saturated carbocycles. The molecule has 0 saturated heterocycles. The molecule has 27 heavy (non-hydrogen) atoms. The topological polar surface area (TPSA) is 83.5 Å².